The molecule has 0 spiro atoms. The quantitative estimate of drug-likeness (QED) is 0.758. The maximum Gasteiger partial charge on any atom is 0.216 e. The second kappa shape index (κ2) is 4.69. The lowest BCUT2D eigenvalue weighted by atomic mass is 10.1. The third-order valence-corrected chi connectivity index (χ3v) is 2.17. The summed E-state index contributed by atoms with van der Waals surface area (Å²) >= 11 is 0. The average molecular weight is 232 g/mol. The second-order valence-corrected chi connectivity index (χ2v) is 3.28. The molecular formula is C12H9FN2O2. The number of nitrogens with zero attached hydrogens (tertiary/aromatic N) is 2. The van der Waals surface area contributed by atoms with Gasteiger partial charge in [-0.3, -0.25) is 9.78 Å². The zero-order valence-electron chi connectivity index (χ0n) is 9.05. The van der Waals surface area contributed by atoms with Crippen LogP contribution >= 0.6 is 0 Å². The molecule has 0 unspecified atom stereocenters. The van der Waals surface area contributed by atoms with Crippen LogP contribution in [0.2, 0.25) is 0 Å². The Hall–Kier alpha value is -2.30. The van der Waals surface area contributed by atoms with Crippen LogP contribution in [0.15, 0.2) is 36.8 Å². The van der Waals surface area contributed by atoms with Gasteiger partial charge in [-0.15, -0.1) is 0 Å². The van der Waals surface area contributed by atoms with Crippen LogP contribution in [0.1, 0.15) is 16.1 Å². The van der Waals surface area contributed by atoms with Crippen molar-refractivity contribution in [2.24, 2.45) is 0 Å². The molecule has 0 bridgehead atoms. The third-order valence-electron chi connectivity index (χ3n) is 2.17. The number of methoxy groups -OCH3 is 1. The second-order valence-electron chi connectivity index (χ2n) is 3.28. The molecular weight excluding hydrogens is 223 g/mol. The van der Waals surface area contributed by atoms with Gasteiger partial charge in [0.1, 0.15) is 11.6 Å². The summed E-state index contributed by atoms with van der Waals surface area (Å²) in [5, 5.41) is 0. The molecule has 0 aromatic carbocycles. The van der Waals surface area contributed by atoms with Gasteiger partial charge in [-0.2, -0.15) is 0 Å². The van der Waals surface area contributed by atoms with E-state index in [1.54, 1.807) is 12.1 Å². The molecule has 0 amide bonds. The summed E-state index contributed by atoms with van der Waals surface area (Å²) < 4.78 is 18.0. The first-order valence-electron chi connectivity index (χ1n) is 4.86. The highest BCUT2D eigenvalue weighted by Gasteiger charge is 2.16. The Labute approximate surface area is 97.1 Å². The van der Waals surface area contributed by atoms with Gasteiger partial charge in [0.05, 0.1) is 13.3 Å². The van der Waals surface area contributed by atoms with Gasteiger partial charge in [0.25, 0.3) is 0 Å². The zero-order chi connectivity index (χ0) is 12.3. The number of aromatic nitrogens is 2. The first-order chi connectivity index (χ1) is 8.22. The maximum absolute atomic E-state index is 13.0. The number of ketones is 1. The van der Waals surface area contributed by atoms with Crippen molar-refractivity contribution < 1.29 is 13.9 Å². The molecule has 0 saturated heterocycles. The van der Waals surface area contributed by atoms with Gasteiger partial charge in [0.15, 0.2) is 5.69 Å². The largest absolute Gasteiger partial charge is 0.494 e. The monoisotopic (exact) mass is 232 g/mol. The Kier molecular flexibility index (Phi) is 3.09. The number of halogens is 1. The predicted molar refractivity (Wildman–Crippen MR) is 58.4 cm³/mol. The molecule has 0 aliphatic rings. The lowest BCUT2D eigenvalue weighted by Gasteiger charge is -2.05. The molecule has 2 heterocycles. The Morgan fingerprint density at radius 3 is 2.94 bits per heavy atom. The lowest BCUT2D eigenvalue weighted by Crippen LogP contribution is -2.07. The Balaban J connectivity index is 2.44. The molecule has 2 aromatic rings. The van der Waals surface area contributed by atoms with Crippen LogP contribution in [0.25, 0.3) is 0 Å². The van der Waals surface area contributed by atoms with E-state index in [9.17, 15) is 9.18 Å². The highest BCUT2D eigenvalue weighted by atomic mass is 19.1. The summed E-state index contributed by atoms with van der Waals surface area (Å²) in [5.74, 6) is -0.637. The molecule has 0 saturated carbocycles. The standard InChI is InChI=1S/C12H9FN2O2/c1-17-10-3-2-4-15-11(10)12(16)8-5-9(13)7-14-6-8/h2-7H,1H3. The van der Waals surface area contributed by atoms with Gasteiger partial charge >= 0.3 is 0 Å². The van der Waals surface area contributed by atoms with Crippen molar-refractivity contribution in [2.45, 2.75) is 0 Å². The third kappa shape index (κ3) is 2.28. The highest BCUT2D eigenvalue weighted by Crippen LogP contribution is 2.18. The summed E-state index contributed by atoms with van der Waals surface area (Å²) in [6.07, 6.45) is 3.80. The molecule has 0 radical (unpaired) electrons. The SMILES string of the molecule is COc1cccnc1C(=O)c1cncc(F)c1. The van der Waals surface area contributed by atoms with Gasteiger partial charge < -0.3 is 4.74 Å². The fraction of sp³-hybridized carbons (Fsp3) is 0.0833. The molecule has 17 heavy (non-hydrogen) atoms. The molecule has 0 aliphatic heterocycles. The van der Waals surface area contributed by atoms with E-state index in [4.69, 9.17) is 4.74 Å². The lowest BCUT2D eigenvalue weighted by molar-refractivity contribution is 0.103. The molecule has 0 N–H and O–H groups in total. The van der Waals surface area contributed by atoms with Crippen LogP contribution in [0, 0.1) is 5.82 Å². The summed E-state index contributed by atoms with van der Waals surface area (Å²) in [5.41, 5.74) is 0.282. The van der Waals surface area contributed by atoms with Crippen molar-refractivity contribution in [3.63, 3.8) is 0 Å². The minimum absolute atomic E-state index is 0.141. The molecule has 2 aromatic heterocycles. The van der Waals surface area contributed by atoms with E-state index in [-0.39, 0.29) is 11.3 Å². The van der Waals surface area contributed by atoms with Crippen LogP contribution in [-0.4, -0.2) is 22.9 Å². The Bertz CT molecular complexity index is 558. The van der Waals surface area contributed by atoms with E-state index in [0.717, 1.165) is 12.3 Å². The van der Waals surface area contributed by atoms with Gasteiger partial charge in [-0.05, 0) is 18.2 Å². The smallest absolute Gasteiger partial charge is 0.216 e. The summed E-state index contributed by atoms with van der Waals surface area (Å²) in [6.45, 7) is 0. The van der Waals surface area contributed by atoms with Crippen molar-refractivity contribution >= 4 is 5.78 Å². The van der Waals surface area contributed by atoms with E-state index < -0.39 is 11.6 Å². The number of rotatable bonds is 3. The van der Waals surface area contributed by atoms with Crippen LogP contribution in [-0.2, 0) is 0 Å². The number of hydrogen-bond acceptors (Lipinski definition) is 4. The van der Waals surface area contributed by atoms with Crippen molar-refractivity contribution in [1.82, 2.24) is 9.97 Å². The molecule has 2 rings (SSSR count). The van der Waals surface area contributed by atoms with Crippen molar-refractivity contribution in [3.05, 3.63) is 53.9 Å². The minimum Gasteiger partial charge on any atom is -0.494 e. The average Bonchev–Trinajstić information content (AvgIpc) is 2.38. The maximum atomic E-state index is 13.0. The molecule has 0 atom stereocenters. The molecule has 5 heteroatoms. The summed E-state index contributed by atoms with van der Waals surface area (Å²) in [6, 6.07) is 4.38. The van der Waals surface area contributed by atoms with Crippen LogP contribution in [0.5, 0.6) is 5.75 Å². The van der Waals surface area contributed by atoms with E-state index in [0.29, 0.717) is 5.75 Å². The summed E-state index contributed by atoms with van der Waals surface area (Å²) in [7, 11) is 1.44. The Morgan fingerprint density at radius 2 is 2.24 bits per heavy atom. The number of pyridine rings is 2. The zero-order valence-corrected chi connectivity index (χ0v) is 9.05. The van der Waals surface area contributed by atoms with Crippen molar-refractivity contribution in [1.29, 1.82) is 0 Å². The van der Waals surface area contributed by atoms with Crippen LogP contribution in [0.3, 0.4) is 0 Å². The fourth-order valence-corrected chi connectivity index (χ4v) is 1.40. The van der Waals surface area contributed by atoms with Gasteiger partial charge in [-0.25, -0.2) is 9.37 Å². The van der Waals surface area contributed by atoms with Crippen molar-refractivity contribution in [2.75, 3.05) is 7.11 Å². The van der Waals surface area contributed by atoms with Gasteiger partial charge in [0.2, 0.25) is 5.78 Å². The van der Waals surface area contributed by atoms with E-state index in [2.05, 4.69) is 9.97 Å². The van der Waals surface area contributed by atoms with E-state index in [1.165, 1.54) is 19.5 Å². The molecule has 86 valence electrons. The van der Waals surface area contributed by atoms with Crippen LogP contribution in [0.4, 0.5) is 4.39 Å². The number of hydrogen-bond donors (Lipinski definition) is 0. The molecule has 0 aliphatic carbocycles. The summed E-state index contributed by atoms with van der Waals surface area (Å²) in [4.78, 5) is 19.6. The Morgan fingerprint density at radius 1 is 1.41 bits per heavy atom. The molecule has 0 fully saturated rings. The predicted octanol–water partition coefficient (Wildman–Crippen LogP) is 1.86. The van der Waals surface area contributed by atoms with E-state index in [1.807, 2.05) is 0 Å². The topological polar surface area (TPSA) is 52.1 Å². The number of ether oxygens (including phenoxy) is 1. The van der Waals surface area contributed by atoms with Gasteiger partial charge in [-0.1, -0.05) is 0 Å². The number of carbonyl (C=O) groups excluding carboxylic acids is 1. The van der Waals surface area contributed by atoms with Crippen molar-refractivity contribution in [3.8, 4) is 5.75 Å². The fourth-order valence-electron chi connectivity index (χ4n) is 1.40. The number of carbonyl (C=O) groups is 1. The first kappa shape index (κ1) is 11.2. The minimum atomic E-state index is -0.564. The van der Waals surface area contributed by atoms with Gasteiger partial charge in [0, 0.05) is 18.0 Å². The highest BCUT2D eigenvalue weighted by molar-refractivity contribution is 6.09. The van der Waals surface area contributed by atoms with E-state index >= 15 is 0 Å². The normalized spacial score (nSPS) is 10.0. The molecule has 4 nitrogen and oxygen atoms in total. The first-order valence-corrected chi connectivity index (χ1v) is 4.86. The van der Waals surface area contributed by atoms with Crippen LogP contribution < -0.4 is 4.74 Å².